The zero-order valence-electron chi connectivity index (χ0n) is 23.8. The van der Waals surface area contributed by atoms with Crippen molar-refractivity contribution in [1.82, 2.24) is 0 Å². The number of benzene rings is 2. The van der Waals surface area contributed by atoms with Gasteiger partial charge < -0.3 is 4.74 Å². The predicted octanol–water partition coefficient (Wildman–Crippen LogP) is 11.4. The van der Waals surface area contributed by atoms with Crippen molar-refractivity contribution in [2.24, 2.45) is 11.8 Å². The van der Waals surface area contributed by atoms with E-state index in [1.165, 1.54) is 107 Å². The molecule has 1 nitrogen and oxygen atoms in total. The lowest BCUT2D eigenvalue weighted by atomic mass is 9.77. The van der Waals surface area contributed by atoms with E-state index in [-0.39, 0.29) is 0 Å². The summed E-state index contributed by atoms with van der Waals surface area (Å²) in [6.07, 6.45) is 22.7. The Morgan fingerprint density at radius 3 is 1.75 bits per heavy atom. The minimum Gasteiger partial charge on any atom is -0.493 e. The van der Waals surface area contributed by atoms with Crippen molar-refractivity contribution >= 4 is 0 Å². The van der Waals surface area contributed by atoms with Crippen LogP contribution in [-0.4, -0.2) is 6.61 Å². The van der Waals surface area contributed by atoms with E-state index in [1.807, 2.05) is 0 Å². The van der Waals surface area contributed by atoms with E-state index in [0.717, 1.165) is 30.6 Å². The highest BCUT2D eigenvalue weighted by Gasteiger charge is 2.22. The number of hydrogen-bond acceptors (Lipinski definition) is 1. The van der Waals surface area contributed by atoms with E-state index < -0.39 is 0 Å². The third-order valence-corrected chi connectivity index (χ3v) is 8.61. The molecule has 0 radical (unpaired) electrons. The third kappa shape index (κ3) is 10.3. The van der Waals surface area contributed by atoms with Gasteiger partial charge >= 0.3 is 0 Å². The van der Waals surface area contributed by atoms with Gasteiger partial charge in [0.2, 0.25) is 0 Å². The van der Waals surface area contributed by atoms with Gasteiger partial charge in [0.15, 0.2) is 0 Å². The van der Waals surface area contributed by atoms with Crippen LogP contribution in [0.15, 0.2) is 48.5 Å². The van der Waals surface area contributed by atoms with E-state index >= 15 is 0 Å². The highest BCUT2D eigenvalue weighted by atomic mass is 16.5. The zero-order valence-corrected chi connectivity index (χ0v) is 23.8. The van der Waals surface area contributed by atoms with Crippen LogP contribution < -0.4 is 4.74 Å². The van der Waals surface area contributed by atoms with Gasteiger partial charge in [0.05, 0.1) is 6.61 Å². The van der Waals surface area contributed by atoms with Gasteiger partial charge in [0.25, 0.3) is 0 Å². The summed E-state index contributed by atoms with van der Waals surface area (Å²) in [6.45, 7) is 7.55. The standard InChI is InChI=1S/C35H54O/c1-4-6-7-8-9-10-11-12-13-14-15-30-16-18-31(19-17-30)32-20-22-33(23-21-32)34-24-26-35(27-25-34)36-28-29(3)5-2/h20-27,29-31H,4-19,28H2,1-3H3. The fourth-order valence-electron chi connectivity index (χ4n) is 5.75. The maximum absolute atomic E-state index is 5.92. The fraction of sp³-hybridized carbons (Fsp3) is 0.657. The molecule has 1 saturated carbocycles. The van der Waals surface area contributed by atoms with Gasteiger partial charge in [0.1, 0.15) is 5.75 Å². The maximum Gasteiger partial charge on any atom is 0.119 e. The second kappa shape index (κ2) is 16.9. The number of ether oxygens (including phenoxy) is 1. The highest BCUT2D eigenvalue weighted by Crippen LogP contribution is 2.38. The Kier molecular flexibility index (Phi) is 13.5. The lowest BCUT2D eigenvalue weighted by molar-refractivity contribution is 0.256. The van der Waals surface area contributed by atoms with E-state index in [2.05, 4.69) is 69.3 Å². The van der Waals surface area contributed by atoms with Crippen molar-refractivity contribution in [3.8, 4) is 16.9 Å². The minimum absolute atomic E-state index is 0.604. The summed E-state index contributed by atoms with van der Waals surface area (Å²) in [4.78, 5) is 0. The Bertz CT molecular complexity index is 798. The van der Waals surface area contributed by atoms with Crippen LogP contribution in [0.1, 0.15) is 135 Å². The van der Waals surface area contributed by atoms with Gasteiger partial charge in [-0.05, 0) is 72.3 Å². The summed E-state index contributed by atoms with van der Waals surface area (Å²) in [6, 6.07) is 18.0. The topological polar surface area (TPSA) is 9.23 Å². The van der Waals surface area contributed by atoms with Crippen LogP contribution in [0.2, 0.25) is 0 Å². The molecule has 1 aliphatic rings. The van der Waals surface area contributed by atoms with Crippen molar-refractivity contribution in [3.05, 3.63) is 54.1 Å². The molecule has 0 N–H and O–H groups in total. The Morgan fingerprint density at radius 2 is 1.19 bits per heavy atom. The monoisotopic (exact) mass is 490 g/mol. The first-order valence-corrected chi connectivity index (χ1v) is 15.5. The lowest BCUT2D eigenvalue weighted by Crippen LogP contribution is -2.13. The molecular weight excluding hydrogens is 436 g/mol. The quantitative estimate of drug-likeness (QED) is 0.200. The zero-order chi connectivity index (χ0) is 25.4. The van der Waals surface area contributed by atoms with Crippen LogP contribution >= 0.6 is 0 Å². The molecule has 2 aromatic rings. The molecule has 0 heterocycles. The molecule has 1 atom stereocenters. The Hall–Kier alpha value is -1.76. The predicted molar refractivity (Wildman–Crippen MR) is 158 cm³/mol. The first-order valence-electron chi connectivity index (χ1n) is 15.5. The van der Waals surface area contributed by atoms with Crippen LogP contribution in [-0.2, 0) is 0 Å². The van der Waals surface area contributed by atoms with Gasteiger partial charge in [0, 0.05) is 0 Å². The number of hydrogen-bond donors (Lipinski definition) is 0. The molecule has 3 rings (SSSR count). The summed E-state index contributed by atoms with van der Waals surface area (Å²) in [7, 11) is 0. The van der Waals surface area contributed by atoms with Crippen molar-refractivity contribution in [1.29, 1.82) is 0 Å². The first kappa shape index (κ1) is 28.8. The molecule has 1 aliphatic carbocycles. The van der Waals surface area contributed by atoms with Gasteiger partial charge in [-0.1, -0.05) is 134 Å². The third-order valence-electron chi connectivity index (χ3n) is 8.61. The Balaban J connectivity index is 1.31. The SMILES string of the molecule is CCCCCCCCCCCCC1CCC(c2ccc(-c3ccc(OCC(C)CC)cc3)cc2)CC1. The van der Waals surface area contributed by atoms with E-state index in [1.54, 1.807) is 5.56 Å². The second-order valence-electron chi connectivity index (χ2n) is 11.7. The molecule has 0 aromatic heterocycles. The Morgan fingerprint density at radius 1 is 0.667 bits per heavy atom. The molecule has 0 aliphatic heterocycles. The largest absolute Gasteiger partial charge is 0.493 e. The smallest absolute Gasteiger partial charge is 0.119 e. The van der Waals surface area contributed by atoms with E-state index in [0.29, 0.717) is 5.92 Å². The number of rotatable bonds is 17. The van der Waals surface area contributed by atoms with Crippen LogP contribution in [0.5, 0.6) is 5.75 Å². The summed E-state index contributed by atoms with van der Waals surface area (Å²) in [5.41, 5.74) is 4.13. The molecule has 2 aromatic carbocycles. The summed E-state index contributed by atoms with van der Waals surface area (Å²) >= 11 is 0. The fourth-order valence-corrected chi connectivity index (χ4v) is 5.75. The molecule has 1 fully saturated rings. The average molecular weight is 491 g/mol. The van der Waals surface area contributed by atoms with Gasteiger partial charge in [-0.15, -0.1) is 0 Å². The van der Waals surface area contributed by atoms with Crippen molar-refractivity contribution < 1.29 is 4.74 Å². The van der Waals surface area contributed by atoms with Gasteiger partial charge in [-0.2, -0.15) is 0 Å². The van der Waals surface area contributed by atoms with Crippen LogP contribution in [0.3, 0.4) is 0 Å². The molecule has 0 saturated heterocycles. The van der Waals surface area contributed by atoms with Crippen molar-refractivity contribution in [2.45, 2.75) is 129 Å². The molecule has 1 unspecified atom stereocenters. The average Bonchev–Trinajstić information content (AvgIpc) is 2.93. The maximum atomic E-state index is 5.92. The molecule has 0 spiro atoms. The molecule has 36 heavy (non-hydrogen) atoms. The van der Waals surface area contributed by atoms with E-state index in [4.69, 9.17) is 4.74 Å². The molecular formula is C35H54O. The normalized spacial score (nSPS) is 18.8. The van der Waals surface area contributed by atoms with Gasteiger partial charge in [-0.25, -0.2) is 0 Å². The lowest BCUT2D eigenvalue weighted by Gasteiger charge is -2.29. The number of unbranched alkanes of at least 4 members (excludes halogenated alkanes) is 9. The minimum atomic E-state index is 0.604. The van der Waals surface area contributed by atoms with Crippen LogP contribution in [0.25, 0.3) is 11.1 Å². The summed E-state index contributed by atoms with van der Waals surface area (Å²) < 4.78 is 5.92. The van der Waals surface area contributed by atoms with Crippen LogP contribution in [0, 0.1) is 11.8 Å². The molecule has 1 heteroatoms. The van der Waals surface area contributed by atoms with Crippen molar-refractivity contribution in [2.75, 3.05) is 6.61 Å². The molecule has 200 valence electrons. The van der Waals surface area contributed by atoms with E-state index in [9.17, 15) is 0 Å². The summed E-state index contributed by atoms with van der Waals surface area (Å²) in [5.74, 6) is 3.33. The molecule has 0 bridgehead atoms. The van der Waals surface area contributed by atoms with Crippen molar-refractivity contribution in [3.63, 3.8) is 0 Å². The highest BCUT2D eigenvalue weighted by molar-refractivity contribution is 5.64. The molecule has 0 amide bonds. The summed E-state index contributed by atoms with van der Waals surface area (Å²) in [5, 5.41) is 0. The van der Waals surface area contributed by atoms with Crippen LogP contribution in [0.4, 0.5) is 0 Å². The second-order valence-corrected chi connectivity index (χ2v) is 11.7. The first-order chi connectivity index (χ1) is 17.7. The van der Waals surface area contributed by atoms with Gasteiger partial charge in [-0.3, -0.25) is 0 Å². The Labute approximate surface area is 223 Å².